The Labute approximate surface area is 90.5 Å². The second-order valence-electron chi connectivity index (χ2n) is 3.21. The number of nitrogens with zero attached hydrogens (tertiary/aromatic N) is 1. The van der Waals surface area contributed by atoms with Gasteiger partial charge in [0.05, 0.1) is 6.54 Å². The highest BCUT2D eigenvalue weighted by molar-refractivity contribution is 5.74. The molecule has 0 atom stereocenters. The molecule has 0 heterocycles. The number of carbonyl (C=O) groups is 1. The first-order valence-corrected chi connectivity index (χ1v) is 4.84. The number of hydrogen-bond acceptors (Lipinski definition) is 1. The summed E-state index contributed by atoms with van der Waals surface area (Å²) < 4.78 is 0. The van der Waals surface area contributed by atoms with E-state index in [0.717, 1.165) is 5.56 Å². The van der Waals surface area contributed by atoms with Crippen LogP contribution in [0.3, 0.4) is 0 Å². The SMILES string of the molecule is C=C/C=C/N(Cc1ccccc1)C(C)=O. The Balaban J connectivity index is 2.71. The number of benzene rings is 1. The smallest absolute Gasteiger partial charge is 0.223 e. The molecule has 0 unspecified atom stereocenters. The summed E-state index contributed by atoms with van der Waals surface area (Å²) in [5, 5.41) is 0. The van der Waals surface area contributed by atoms with Gasteiger partial charge in [-0.2, -0.15) is 0 Å². The largest absolute Gasteiger partial charge is 0.315 e. The monoisotopic (exact) mass is 201 g/mol. The Bertz CT molecular complexity index is 354. The summed E-state index contributed by atoms with van der Waals surface area (Å²) >= 11 is 0. The van der Waals surface area contributed by atoms with E-state index in [0.29, 0.717) is 6.54 Å². The maximum atomic E-state index is 11.3. The topological polar surface area (TPSA) is 20.3 Å². The van der Waals surface area contributed by atoms with Gasteiger partial charge in [0, 0.05) is 13.1 Å². The predicted molar refractivity (Wildman–Crippen MR) is 62.0 cm³/mol. The van der Waals surface area contributed by atoms with Crippen LogP contribution in [-0.2, 0) is 11.3 Å². The van der Waals surface area contributed by atoms with Crippen LogP contribution in [0.15, 0.2) is 55.3 Å². The fourth-order valence-electron chi connectivity index (χ4n) is 1.21. The third-order valence-electron chi connectivity index (χ3n) is 2.00. The number of hydrogen-bond donors (Lipinski definition) is 0. The molecule has 1 aromatic carbocycles. The van der Waals surface area contributed by atoms with Crippen LogP contribution in [0.2, 0.25) is 0 Å². The van der Waals surface area contributed by atoms with E-state index in [1.165, 1.54) is 0 Å². The van der Waals surface area contributed by atoms with Crippen LogP contribution in [0.1, 0.15) is 12.5 Å². The first-order valence-electron chi connectivity index (χ1n) is 4.84. The maximum absolute atomic E-state index is 11.3. The van der Waals surface area contributed by atoms with Crippen molar-refractivity contribution in [3.05, 3.63) is 60.8 Å². The molecule has 0 N–H and O–H groups in total. The second-order valence-corrected chi connectivity index (χ2v) is 3.21. The van der Waals surface area contributed by atoms with Crippen LogP contribution in [0.5, 0.6) is 0 Å². The molecule has 0 aliphatic carbocycles. The molecule has 0 radical (unpaired) electrons. The van der Waals surface area contributed by atoms with Gasteiger partial charge in [-0.3, -0.25) is 4.79 Å². The minimum Gasteiger partial charge on any atom is -0.315 e. The van der Waals surface area contributed by atoms with Crippen molar-refractivity contribution < 1.29 is 4.79 Å². The molecule has 2 nitrogen and oxygen atoms in total. The molecular formula is C13H15NO. The first kappa shape index (κ1) is 11.2. The normalized spacial score (nSPS) is 10.2. The molecule has 0 aliphatic rings. The van der Waals surface area contributed by atoms with E-state index in [1.807, 2.05) is 30.3 Å². The molecule has 0 aliphatic heterocycles. The molecule has 1 aromatic rings. The van der Waals surface area contributed by atoms with E-state index in [1.54, 1.807) is 30.2 Å². The standard InChI is InChI=1S/C13H15NO/c1-3-4-10-14(12(2)15)11-13-8-6-5-7-9-13/h3-10H,1,11H2,2H3/b10-4+. The van der Waals surface area contributed by atoms with Gasteiger partial charge in [0.1, 0.15) is 0 Å². The van der Waals surface area contributed by atoms with Gasteiger partial charge >= 0.3 is 0 Å². The lowest BCUT2D eigenvalue weighted by atomic mass is 10.2. The van der Waals surface area contributed by atoms with Crippen LogP contribution in [0.4, 0.5) is 0 Å². The van der Waals surface area contributed by atoms with Crippen LogP contribution >= 0.6 is 0 Å². The Hall–Kier alpha value is -1.83. The number of allylic oxidation sites excluding steroid dienone is 2. The molecule has 0 aromatic heterocycles. The third-order valence-corrected chi connectivity index (χ3v) is 2.00. The van der Waals surface area contributed by atoms with E-state index in [9.17, 15) is 4.79 Å². The van der Waals surface area contributed by atoms with Gasteiger partial charge in [0.15, 0.2) is 0 Å². The molecule has 0 fully saturated rings. The van der Waals surface area contributed by atoms with Gasteiger partial charge in [-0.15, -0.1) is 0 Å². The van der Waals surface area contributed by atoms with E-state index >= 15 is 0 Å². The van der Waals surface area contributed by atoms with Crippen molar-refractivity contribution in [3.8, 4) is 0 Å². The Kier molecular flexibility index (Phi) is 4.35. The summed E-state index contributed by atoms with van der Waals surface area (Å²) in [5.41, 5.74) is 1.11. The fourth-order valence-corrected chi connectivity index (χ4v) is 1.21. The van der Waals surface area contributed by atoms with Crippen molar-refractivity contribution in [1.82, 2.24) is 4.90 Å². The van der Waals surface area contributed by atoms with E-state index in [-0.39, 0.29) is 5.91 Å². The molecular weight excluding hydrogens is 186 g/mol. The Morgan fingerprint density at radius 1 is 1.40 bits per heavy atom. The minimum absolute atomic E-state index is 0.0250. The molecule has 2 heteroatoms. The summed E-state index contributed by atoms with van der Waals surface area (Å²) in [6.07, 6.45) is 5.15. The van der Waals surface area contributed by atoms with Crippen molar-refractivity contribution in [2.45, 2.75) is 13.5 Å². The number of carbonyl (C=O) groups excluding carboxylic acids is 1. The zero-order chi connectivity index (χ0) is 11.1. The summed E-state index contributed by atoms with van der Waals surface area (Å²) in [7, 11) is 0. The lowest BCUT2D eigenvalue weighted by Gasteiger charge is -2.15. The highest BCUT2D eigenvalue weighted by Crippen LogP contribution is 2.05. The lowest BCUT2D eigenvalue weighted by molar-refractivity contribution is -0.126. The number of amides is 1. The Morgan fingerprint density at radius 3 is 2.60 bits per heavy atom. The molecule has 78 valence electrons. The zero-order valence-corrected chi connectivity index (χ0v) is 8.89. The summed E-state index contributed by atoms with van der Waals surface area (Å²) in [4.78, 5) is 12.9. The second kappa shape index (κ2) is 5.81. The molecule has 0 spiro atoms. The zero-order valence-electron chi connectivity index (χ0n) is 8.89. The van der Waals surface area contributed by atoms with Gasteiger partial charge in [-0.25, -0.2) is 0 Å². The molecule has 0 saturated heterocycles. The highest BCUT2D eigenvalue weighted by Gasteiger charge is 2.04. The fraction of sp³-hybridized carbons (Fsp3) is 0.154. The molecule has 0 saturated carbocycles. The van der Waals surface area contributed by atoms with Gasteiger partial charge in [-0.1, -0.05) is 43.0 Å². The molecule has 0 bridgehead atoms. The van der Waals surface area contributed by atoms with Crippen molar-refractivity contribution in [2.24, 2.45) is 0 Å². The highest BCUT2D eigenvalue weighted by atomic mass is 16.2. The Morgan fingerprint density at radius 2 is 2.07 bits per heavy atom. The van der Waals surface area contributed by atoms with E-state index in [4.69, 9.17) is 0 Å². The average molecular weight is 201 g/mol. The summed E-state index contributed by atoms with van der Waals surface area (Å²) in [5.74, 6) is 0.0250. The van der Waals surface area contributed by atoms with Crippen molar-refractivity contribution in [1.29, 1.82) is 0 Å². The van der Waals surface area contributed by atoms with Gasteiger partial charge < -0.3 is 4.90 Å². The van der Waals surface area contributed by atoms with Crippen LogP contribution < -0.4 is 0 Å². The third kappa shape index (κ3) is 3.81. The minimum atomic E-state index is 0.0250. The molecule has 15 heavy (non-hydrogen) atoms. The van der Waals surface area contributed by atoms with Crippen molar-refractivity contribution in [2.75, 3.05) is 0 Å². The quantitative estimate of drug-likeness (QED) is 0.686. The van der Waals surface area contributed by atoms with Gasteiger partial charge in [0.2, 0.25) is 5.91 Å². The van der Waals surface area contributed by atoms with Crippen molar-refractivity contribution >= 4 is 5.91 Å². The first-order chi connectivity index (χ1) is 7.24. The van der Waals surface area contributed by atoms with Gasteiger partial charge in [-0.05, 0) is 11.6 Å². The lowest BCUT2D eigenvalue weighted by Crippen LogP contribution is -2.21. The van der Waals surface area contributed by atoms with Gasteiger partial charge in [0.25, 0.3) is 0 Å². The molecule has 1 amide bonds. The van der Waals surface area contributed by atoms with E-state index in [2.05, 4.69) is 6.58 Å². The predicted octanol–water partition coefficient (Wildman–Crippen LogP) is 2.73. The van der Waals surface area contributed by atoms with Crippen LogP contribution in [0, 0.1) is 0 Å². The van der Waals surface area contributed by atoms with Crippen LogP contribution in [0.25, 0.3) is 0 Å². The molecule has 1 rings (SSSR count). The number of rotatable bonds is 4. The summed E-state index contributed by atoms with van der Waals surface area (Å²) in [6.45, 7) is 5.72. The summed E-state index contributed by atoms with van der Waals surface area (Å²) in [6, 6.07) is 9.88. The van der Waals surface area contributed by atoms with E-state index < -0.39 is 0 Å². The maximum Gasteiger partial charge on any atom is 0.223 e. The average Bonchev–Trinajstić information content (AvgIpc) is 2.25. The van der Waals surface area contributed by atoms with Crippen LogP contribution in [-0.4, -0.2) is 10.8 Å². The van der Waals surface area contributed by atoms with Crippen molar-refractivity contribution in [3.63, 3.8) is 0 Å².